The third-order valence-corrected chi connectivity index (χ3v) is 3.55. The summed E-state index contributed by atoms with van der Waals surface area (Å²) in [6, 6.07) is 0. The van der Waals surface area contributed by atoms with Gasteiger partial charge in [0.15, 0.2) is 5.69 Å². The first kappa shape index (κ1) is 18.9. The zero-order valence-corrected chi connectivity index (χ0v) is 11.7. The lowest BCUT2D eigenvalue weighted by Crippen LogP contribution is -2.34. The summed E-state index contributed by atoms with van der Waals surface area (Å²) in [6.45, 7) is -0.753. The van der Waals surface area contributed by atoms with E-state index in [0.717, 1.165) is 0 Å². The number of rotatable bonds is 3. The van der Waals surface area contributed by atoms with Crippen molar-refractivity contribution in [1.29, 1.82) is 0 Å². The lowest BCUT2D eigenvalue weighted by atomic mass is 9.88. The fourth-order valence-corrected chi connectivity index (χ4v) is 2.56. The number of aryl methyl sites for hydroxylation is 1. The number of halogens is 9. The van der Waals surface area contributed by atoms with E-state index in [1.54, 1.807) is 0 Å². The van der Waals surface area contributed by atoms with Crippen LogP contribution in [0, 0.1) is 0 Å². The molecule has 12 heteroatoms. The van der Waals surface area contributed by atoms with E-state index < -0.39 is 73.3 Å². The fourth-order valence-electron chi connectivity index (χ4n) is 2.56. The van der Waals surface area contributed by atoms with Crippen LogP contribution in [-0.4, -0.2) is 27.0 Å². The number of alkyl halides is 9. The van der Waals surface area contributed by atoms with E-state index in [9.17, 15) is 44.6 Å². The average Bonchev–Trinajstić information content (AvgIpc) is 2.74. The van der Waals surface area contributed by atoms with Gasteiger partial charge in [-0.2, -0.15) is 31.4 Å². The molecule has 0 aromatic carbocycles. The van der Waals surface area contributed by atoms with Gasteiger partial charge in [-0.15, -0.1) is 0 Å². The molecule has 2 atom stereocenters. The lowest BCUT2D eigenvalue weighted by Gasteiger charge is -2.30. The monoisotopic (exact) mass is 370 g/mol. The van der Waals surface area contributed by atoms with Gasteiger partial charge in [0.2, 0.25) is 0 Å². The molecular formula is C12H11F9N2O. The summed E-state index contributed by atoms with van der Waals surface area (Å²) in [5, 5.41) is 12.4. The van der Waals surface area contributed by atoms with Crippen LogP contribution in [0.25, 0.3) is 0 Å². The zero-order valence-electron chi connectivity index (χ0n) is 11.7. The standard InChI is InChI=1S/C12H11F9N2O/c13-5-4-10(14,15)9(24)6-7(5)23(3-1-2-11(16,17)18)22-8(6)12(19,20)21/h5,9,24H,1-4H2/t5-,9+/m1/s1. The molecule has 0 fully saturated rings. The van der Waals surface area contributed by atoms with Crippen molar-refractivity contribution < 1.29 is 44.6 Å². The van der Waals surface area contributed by atoms with Gasteiger partial charge in [0.05, 0.1) is 12.1 Å². The van der Waals surface area contributed by atoms with Gasteiger partial charge < -0.3 is 5.11 Å². The van der Waals surface area contributed by atoms with E-state index in [2.05, 4.69) is 5.10 Å². The summed E-state index contributed by atoms with van der Waals surface area (Å²) in [5.41, 5.74) is -4.29. The Morgan fingerprint density at radius 3 is 2.25 bits per heavy atom. The second-order valence-corrected chi connectivity index (χ2v) is 5.42. The highest BCUT2D eigenvalue weighted by atomic mass is 19.4. The van der Waals surface area contributed by atoms with Gasteiger partial charge in [0.1, 0.15) is 12.3 Å². The lowest BCUT2D eigenvalue weighted by molar-refractivity contribution is -0.154. The first-order valence-electron chi connectivity index (χ1n) is 6.68. The van der Waals surface area contributed by atoms with Crippen LogP contribution in [0.1, 0.15) is 48.5 Å². The van der Waals surface area contributed by atoms with Crippen molar-refractivity contribution in [2.75, 3.05) is 0 Å². The van der Waals surface area contributed by atoms with Gasteiger partial charge in [0, 0.05) is 18.5 Å². The van der Waals surface area contributed by atoms with Gasteiger partial charge in [0.25, 0.3) is 5.92 Å². The largest absolute Gasteiger partial charge is 0.435 e. The topological polar surface area (TPSA) is 38.1 Å². The molecule has 1 N–H and O–H groups in total. The van der Waals surface area contributed by atoms with Crippen molar-refractivity contribution in [2.24, 2.45) is 0 Å². The van der Waals surface area contributed by atoms with Gasteiger partial charge >= 0.3 is 12.4 Å². The predicted molar refractivity (Wildman–Crippen MR) is 60.9 cm³/mol. The SMILES string of the molecule is O[C@H]1c2c(C(F)(F)F)nn(CCCC(F)(F)F)c2[C@H](F)CC1(F)F. The summed E-state index contributed by atoms with van der Waals surface area (Å²) in [5.74, 6) is -4.15. The number of aliphatic hydroxyl groups is 1. The maximum absolute atomic E-state index is 13.9. The van der Waals surface area contributed by atoms with Crippen LogP contribution in [0.15, 0.2) is 0 Å². The van der Waals surface area contributed by atoms with E-state index in [1.807, 2.05) is 0 Å². The van der Waals surface area contributed by atoms with Crippen LogP contribution in [-0.2, 0) is 12.7 Å². The normalized spacial score (nSPS) is 24.1. The molecule has 0 saturated heterocycles. The highest BCUT2D eigenvalue weighted by Gasteiger charge is 2.54. The summed E-state index contributed by atoms with van der Waals surface area (Å²) >= 11 is 0. The maximum Gasteiger partial charge on any atom is 0.435 e. The first-order chi connectivity index (χ1) is 10.7. The van der Waals surface area contributed by atoms with E-state index in [4.69, 9.17) is 0 Å². The quantitative estimate of drug-likeness (QED) is 0.805. The Hall–Kier alpha value is -1.46. The molecule has 1 aromatic rings. The molecule has 0 amide bonds. The first-order valence-corrected chi connectivity index (χ1v) is 6.68. The second-order valence-electron chi connectivity index (χ2n) is 5.42. The number of aliphatic hydroxyl groups excluding tert-OH is 1. The molecule has 1 aliphatic rings. The molecule has 1 heterocycles. The number of hydrogen-bond donors (Lipinski definition) is 1. The highest BCUT2D eigenvalue weighted by Crippen LogP contribution is 2.51. The molecule has 2 rings (SSSR count). The summed E-state index contributed by atoms with van der Waals surface area (Å²) in [7, 11) is 0. The van der Waals surface area contributed by atoms with E-state index in [1.165, 1.54) is 0 Å². The smallest absolute Gasteiger partial charge is 0.382 e. The van der Waals surface area contributed by atoms with Crippen molar-refractivity contribution in [3.05, 3.63) is 17.0 Å². The van der Waals surface area contributed by atoms with Crippen LogP contribution in [0.5, 0.6) is 0 Å². The van der Waals surface area contributed by atoms with Crippen LogP contribution < -0.4 is 0 Å². The van der Waals surface area contributed by atoms with Crippen LogP contribution in [0.2, 0.25) is 0 Å². The molecule has 0 bridgehead atoms. The van der Waals surface area contributed by atoms with E-state index >= 15 is 0 Å². The third kappa shape index (κ3) is 3.62. The highest BCUT2D eigenvalue weighted by molar-refractivity contribution is 5.36. The van der Waals surface area contributed by atoms with Gasteiger partial charge in [-0.25, -0.2) is 13.2 Å². The fraction of sp³-hybridized carbons (Fsp3) is 0.750. The summed E-state index contributed by atoms with van der Waals surface area (Å²) in [4.78, 5) is 0. The molecule has 24 heavy (non-hydrogen) atoms. The van der Waals surface area contributed by atoms with Crippen LogP contribution >= 0.6 is 0 Å². The minimum atomic E-state index is -5.27. The van der Waals surface area contributed by atoms with Crippen molar-refractivity contribution in [1.82, 2.24) is 9.78 Å². The van der Waals surface area contributed by atoms with Crippen LogP contribution in [0.4, 0.5) is 39.5 Å². The van der Waals surface area contributed by atoms with Gasteiger partial charge in [-0.05, 0) is 6.42 Å². The zero-order chi connectivity index (χ0) is 18.5. The molecule has 0 spiro atoms. The van der Waals surface area contributed by atoms with Crippen molar-refractivity contribution >= 4 is 0 Å². The molecule has 138 valence electrons. The predicted octanol–water partition coefficient (Wildman–Crippen LogP) is 4.33. The van der Waals surface area contributed by atoms with Gasteiger partial charge in [-0.3, -0.25) is 4.68 Å². The summed E-state index contributed by atoms with van der Waals surface area (Å²) < 4.78 is 116. The Morgan fingerprint density at radius 2 is 1.75 bits per heavy atom. The minimum absolute atomic E-state index is 0.285. The second kappa shape index (κ2) is 5.81. The Kier molecular flexibility index (Phi) is 4.57. The molecule has 0 saturated carbocycles. The van der Waals surface area contributed by atoms with E-state index in [-0.39, 0.29) is 4.68 Å². The molecule has 0 aliphatic heterocycles. The Bertz CT molecular complexity index is 605. The molecular weight excluding hydrogens is 359 g/mol. The summed E-state index contributed by atoms with van der Waals surface area (Å²) in [6.07, 6.45) is -19.0. The Morgan fingerprint density at radius 1 is 1.17 bits per heavy atom. The minimum Gasteiger partial charge on any atom is -0.382 e. The number of nitrogens with zero attached hydrogens (tertiary/aromatic N) is 2. The molecule has 1 aromatic heterocycles. The third-order valence-electron chi connectivity index (χ3n) is 3.55. The number of fused-ring (bicyclic) bond motifs is 1. The van der Waals surface area contributed by atoms with Crippen molar-refractivity contribution in [2.45, 2.75) is 56.4 Å². The molecule has 0 radical (unpaired) electrons. The molecule has 3 nitrogen and oxygen atoms in total. The molecule has 0 unspecified atom stereocenters. The van der Waals surface area contributed by atoms with E-state index in [0.29, 0.717) is 0 Å². The van der Waals surface area contributed by atoms with Crippen molar-refractivity contribution in [3.8, 4) is 0 Å². The number of aromatic nitrogens is 2. The van der Waals surface area contributed by atoms with Crippen molar-refractivity contribution in [3.63, 3.8) is 0 Å². The Balaban J connectivity index is 2.44. The number of hydrogen-bond acceptors (Lipinski definition) is 2. The average molecular weight is 370 g/mol. The maximum atomic E-state index is 13.9. The van der Waals surface area contributed by atoms with Crippen LogP contribution in [0.3, 0.4) is 0 Å². The molecule has 1 aliphatic carbocycles. The Labute approximate surface area is 129 Å². The van der Waals surface area contributed by atoms with Gasteiger partial charge in [-0.1, -0.05) is 0 Å².